The first kappa shape index (κ1) is 22.4. The first-order valence-corrected chi connectivity index (χ1v) is 10.2. The van der Waals surface area contributed by atoms with E-state index in [1.807, 2.05) is 24.3 Å². The third kappa shape index (κ3) is 5.07. The van der Waals surface area contributed by atoms with E-state index < -0.39 is 11.8 Å². The Bertz CT molecular complexity index is 1120. The summed E-state index contributed by atoms with van der Waals surface area (Å²) in [5.74, 6) is 0.460. The number of amides is 2. The van der Waals surface area contributed by atoms with Crippen LogP contribution in [0.5, 0.6) is 17.2 Å². The maximum atomic E-state index is 12.4. The number of benzene rings is 2. The summed E-state index contributed by atoms with van der Waals surface area (Å²) in [7, 11) is 4.52. The van der Waals surface area contributed by atoms with E-state index in [9.17, 15) is 9.59 Å². The molecule has 3 rings (SSSR count). The lowest BCUT2D eigenvalue weighted by Crippen LogP contribution is -2.34. The van der Waals surface area contributed by atoms with Gasteiger partial charge in [-0.3, -0.25) is 9.59 Å². The summed E-state index contributed by atoms with van der Waals surface area (Å²) in [4.78, 5) is 24.8. The molecule has 2 N–H and O–H groups in total. The minimum absolute atomic E-state index is 0.254. The molecule has 0 aliphatic rings. The van der Waals surface area contributed by atoms with E-state index in [0.717, 1.165) is 10.1 Å². The molecule has 10 heteroatoms. The number of halogens is 1. The van der Waals surface area contributed by atoms with E-state index in [1.54, 1.807) is 12.1 Å². The Morgan fingerprint density at radius 2 is 1.77 bits per heavy atom. The molecule has 0 unspecified atom stereocenters. The number of fused-ring (bicyclic) bond motifs is 1. The van der Waals surface area contributed by atoms with Gasteiger partial charge in [0.1, 0.15) is 4.88 Å². The normalized spacial score (nSPS) is 10.8. The molecule has 0 radical (unpaired) electrons. The zero-order chi connectivity index (χ0) is 22.4. The van der Waals surface area contributed by atoms with E-state index in [1.165, 1.54) is 38.9 Å². The lowest BCUT2D eigenvalue weighted by Gasteiger charge is -2.12. The number of hydrogen-bond donors (Lipinski definition) is 2. The smallest absolute Gasteiger partial charge is 0.263 e. The zero-order valence-corrected chi connectivity index (χ0v) is 18.6. The highest BCUT2D eigenvalue weighted by Gasteiger charge is 2.17. The molecule has 1 aromatic heterocycles. The Morgan fingerprint density at radius 3 is 2.39 bits per heavy atom. The molecule has 0 saturated heterocycles. The summed E-state index contributed by atoms with van der Waals surface area (Å²) >= 11 is 7.56. The lowest BCUT2D eigenvalue weighted by atomic mass is 10.2. The monoisotopic (exact) mass is 461 g/mol. The average Bonchev–Trinajstić information content (AvgIpc) is 3.13. The van der Waals surface area contributed by atoms with Crippen molar-refractivity contribution in [1.82, 2.24) is 10.7 Å². The van der Waals surface area contributed by atoms with E-state index in [0.29, 0.717) is 32.7 Å². The minimum atomic E-state index is -0.491. The summed E-state index contributed by atoms with van der Waals surface area (Å²) < 4.78 is 16.7. The molecule has 0 aliphatic heterocycles. The van der Waals surface area contributed by atoms with Crippen LogP contribution in [0.25, 0.3) is 10.1 Å². The van der Waals surface area contributed by atoms with Crippen molar-refractivity contribution in [3.05, 3.63) is 51.9 Å². The highest BCUT2D eigenvalue weighted by molar-refractivity contribution is 7.21. The van der Waals surface area contributed by atoms with Crippen LogP contribution in [0.15, 0.2) is 41.5 Å². The third-order valence-electron chi connectivity index (χ3n) is 4.24. The molecule has 1 heterocycles. The number of rotatable bonds is 8. The molecular weight excluding hydrogens is 442 g/mol. The van der Waals surface area contributed by atoms with Crippen molar-refractivity contribution in [3.8, 4) is 17.2 Å². The maximum absolute atomic E-state index is 12.4. The SMILES string of the molecule is COc1cc(/C=N\NC(=O)CNC(=O)c2sc3ccccc3c2Cl)cc(OC)c1OC. The van der Waals surface area contributed by atoms with Crippen LogP contribution in [0.1, 0.15) is 15.2 Å². The van der Waals surface area contributed by atoms with Gasteiger partial charge in [-0.1, -0.05) is 29.8 Å². The number of carbonyl (C=O) groups excluding carboxylic acids is 2. The van der Waals surface area contributed by atoms with Crippen LogP contribution < -0.4 is 25.0 Å². The van der Waals surface area contributed by atoms with Crippen molar-refractivity contribution >= 4 is 51.1 Å². The summed E-state index contributed by atoms with van der Waals surface area (Å²) in [5.41, 5.74) is 2.98. The molecule has 0 bridgehead atoms. The summed E-state index contributed by atoms with van der Waals surface area (Å²) in [6, 6.07) is 10.8. The Kier molecular flexibility index (Phi) is 7.32. The van der Waals surface area contributed by atoms with E-state index >= 15 is 0 Å². The van der Waals surface area contributed by atoms with E-state index in [4.69, 9.17) is 25.8 Å². The van der Waals surface area contributed by atoms with E-state index in [-0.39, 0.29) is 6.54 Å². The molecular formula is C21H20ClN3O5S. The molecule has 8 nitrogen and oxygen atoms in total. The second-order valence-corrected chi connectivity index (χ2v) is 7.61. The molecule has 3 aromatic rings. The number of hydrazone groups is 1. The number of methoxy groups -OCH3 is 3. The van der Waals surface area contributed by atoms with Crippen LogP contribution in [0.4, 0.5) is 0 Å². The van der Waals surface area contributed by atoms with Gasteiger partial charge in [0.25, 0.3) is 11.8 Å². The van der Waals surface area contributed by atoms with Crippen LogP contribution in [0.2, 0.25) is 5.02 Å². The predicted octanol–water partition coefficient (Wildman–Crippen LogP) is 3.46. The number of carbonyl (C=O) groups is 2. The minimum Gasteiger partial charge on any atom is -0.493 e. The van der Waals surface area contributed by atoms with Crippen molar-refractivity contribution in [2.24, 2.45) is 5.10 Å². The number of thiophene rings is 1. The molecule has 162 valence electrons. The van der Waals surface area contributed by atoms with Crippen molar-refractivity contribution in [2.45, 2.75) is 0 Å². The van der Waals surface area contributed by atoms with Gasteiger partial charge in [-0.05, 0) is 18.2 Å². The van der Waals surface area contributed by atoms with Crippen molar-refractivity contribution in [1.29, 1.82) is 0 Å². The number of nitrogens with one attached hydrogen (secondary N) is 2. The van der Waals surface area contributed by atoms with Crippen LogP contribution >= 0.6 is 22.9 Å². The van der Waals surface area contributed by atoms with Gasteiger partial charge in [-0.25, -0.2) is 5.43 Å². The second-order valence-electron chi connectivity index (χ2n) is 6.18. The Labute approximate surface area is 187 Å². The largest absolute Gasteiger partial charge is 0.493 e. The molecule has 2 amide bonds. The Balaban J connectivity index is 1.59. The number of ether oxygens (including phenoxy) is 3. The van der Waals surface area contributed by atoms with Crippen LogP contribution in [0.3, 0.4) is 0 Å². The van der Waals surface area contributed by atoms with Gasteiger partial charge in [0.05, 0.1) is 39.1 Å². The van der Waals surface area contributed by atoms with Crippen molar-refractivity contribution in [2.75, 3.05) is 27.9 Å². The molecule has 0 saturated carbocycles. The number of hydrogen-bond acceptors (Lipinski definition) is 7. The van der Waals surface area contributed by atoms with Gasteiger partial charge in [-0.15, -0.1) is 11.3 Å². The van der Waals surface area contributed by atoms with Gasteiger partial charge in [0.15, 0.2) is 11.5 Å². The molecule has 2 aromatic carbocycles. The van der Waals surface area contributed by atoms with Crippen LogP contribution in [-0.4, -0.2) is 45.9 Å². The van der Waals surface area contributed by atoms with Gasteiger partial charge in [0, 0.05) is 15.6 Å². The van der Waals surface area contributed by atoms with Crippen molar-refractivity contribution in [3.63, 3.8) is 0 Å². The molecule has 0 spiro atoms. The van der Waals surface area contributed by atoms with Gasteiger partial charge < -0.3 is 19.5 Å². The molecule has 0 aliphatic carbocycles. The average molecular weight is 462 g/mol. The summed E-state index contributed by atoms with van der Waals surface area (Å²) in [6.45, 7) is -0.254. The zero-order valence-electron chi connectivity index (χ0n) is 17.0. The molecule has 31 heavy (non-hydrogen) atoms. The third-order valence-corrected chi connectivity index (χ3v) is 5.91. The summed E-state index contributed by atoms with van der Waals surface area (Å²) in [6.07, 6.45) is 1.42. The van der Waals surface area contributed by atoms with Gasteiger partial charge >= 0.3 is 0 Å². The lowest BCUT2D eigenvalue weighted by molar-refractivity contribution is -0.120. The second kappa shape index (κ2) is 10.1. The van der Waals surface area contributed by atoms with Crippen molar-refractivity contribution < 1.29 is 23.8 Å². The molecule has 0 atom stereocenters. The first-order valence-electron chi connectivity index (χ1n) is 9.05. The Morgan fingerprint density at radius 1 is 1.10 bits per heavy atom. The van der Waals surface area contributed by atoms with Crippen LogP contribution in [0, 0.1) is 0 Å². The quantitative estimate of drug-likeness (QED) is 0.395. The summed E-state index contributed by atoms with van der Waals surface area (Å²) in [5, 5.41) is 7.62. The van der Waals surface area contributed by atoms with Gasteiger partial charge in [0.2, 0.25) is 5.75 Å². The predicted molar refractivity (Wildman–Crippen MR) is 121 cm³/mol. The Hall–Kier alpha value is -3.30. The number of nitrogens with zero attached hydrogens (tertiary/aromatic N) is 1. The van der Waals surface area contributed by atoms with Crippen LogP contribution in [-0.2, 0) is 4.79 Å². The maximum Gasteiger partial charge on any atom is 0.263 e. The highest BCUT2D eigenvalue weighted by atomic mass is 35.5. The first-order chi connectivity index (χ1) is 15.0. The molecule has 0 fully saturated rings. The fraction of sp³-hybridized carbons (Fsp3) is 0.190. The van der Waals surface area contributed by atoms with E-state index in [2.05, 4.69) is 15.8 Å². The van der Waals surface area contributed by atoms with Gasteiger partial charge in [-0.2, -0.15) is 5.10 Å². The fourth-order valence-electron chi connectivity index (χ4n) is 2.80. The highest BCUT2D eigenvalue weighted by Crippen LogP contribution is 2.38. The fourth-order valence-corrected chi connectivity index (χ4v) is 4.23. The standard InChI is InChI=1S/C21H20ClN3O5S/c1-28-14-8-12(9-15(29-2)19(14)30-3)10-24-25-17(26)11-23-21(27)20-18(22)13-6-4-5-7-16(13)31-20/h4-10H,11H2,1-3H3,(H,23,27)(H,25,26)/b24-10-. The topological polar surface area (TPSA) is 98.2 Å².